The van der Waals surface area contributed by atoms with E-state index >= 15 is 0 Å². The Kier molecular flexibility index (Phi) is 2.24. The third-order valence-corrected chi connectivity index (χ3v) is 2.33. The molecule has 66 valence electrons. The number of pyridine rings is 1. The zero-order valence-electron chi connectivity index (χ0n) is 6.86. The quantitative estimate of drug-likeness (QED) is 0.728. The number of rotatable bonds is 1. The van der Waals surface area contributed by atoms with Gasteiger partial charge < -0.3 is 0 Å². The highest BCUT2D eigenvalue weighted by molar-refractivity contribution is 7.10. The fraction of sp³-hybridized carbons (Fsp3) is 0.125. The van der Waals surface area contributed by atoms with Crippen LogP contribution in [0.4, 0.5) is 0 Å². The lowest BCUT2D eigenvalue weighted by atomic mass is 10.2. The number of nitrogens with zero attached hydrogens (tertiary/aromatic N) is 3. The van der Waals surface area contributed by atoms with E-state index in [9.17, 15) is 0 Å². The molecule has 0 saturated carbocycles. The molecule has 0 saturated heterocycles. The molecule has 0 aliphatic rings. The zero-order chi connectivity index (χ0) is 9.26. The van der Waals surface area contributed by atoms with E-state index in [1.54, 1.807) is 12.4 Å². The third-order valence-electron chi connectivity index (χ3n) is 1.53. The van der Waals surface area contributed by atoms with E-state index in [0.29, 0.717) is 10.3 Å². The maximum Gasteiger partial charge on any atom is 0.203 e. The molecular weight excluding hydrogens is 206 g/mol. The van der Waals surface area contributed by atoms with Crippen LogP contribution in [-0.4, -0.2) is 14.3 Å². The average Bonchev–Trinajstić information content (AvgIpc) is 2.52. The molecule has 3 nitrogen and oxygen atoms in total. The molecule has 0 fully saturated rings. The van der Waals surface area contributed by atoms with Gasteiger partial charge in [0.25, 0.3) is 0 Å². The van der Waals surface area contributed by atoms with Crippen molar-refractivity contribution in [2.75, 3.05) is 0 Å². The van der Waals surface area contributed by atoms with Crippen molar-refractivity contribution in [3.05, 3.63) is 28.5 Å². The molecule has 0 aromatic carbocycles. The molecule has 0 unspecified atom stereocenters. The van der Waals surface area contributed by atoms with Crippen molar-refractivity contribution in [3.8, 4) is 11.4 Å². The van der Waals surface area contributed by atoms with Crippen molar-refractivity contribution >= 4 is 23.1 Å². The van der Waals surface area contributed by atoms with Crippen molar-refractivity contribution in [2.24, 2.45) is 0 Å². The summed E-state index contributed by atoms with van der Waals surface area (Å²) in [7, 11) is 0. The molecular formula is C8H6ClN3S. The lowest BCUT2D eigenvalue weighted by Crippen LogP contribution is -1.83. The second-order valence-electron chi connectivity index (χ2n) is 2.62. The summed E-state index contributed by atoms with van der Waals surface area (Å²) >= 11 is 6.86. The first-order valence-electron chi connectivity index (χ1n) is 3.67. The minimum absolute atomic E-state index is 0.455. The molecule has 2 heterocycles. The molecule has 0 spiro atoms. The van der Waals surface area contributed by atoms with Crippen LogP contribution in [0.2, 0.25) is 4.47 Å². The zero-order valence-corrected chi connectivity index (χ0v) is 8.43. The van der Waals surface area contributed by atoms with E-state index in [2.05, 4.69) is 14.3 Å². The Hall–Kier alpha value is -1.00. The van der Waals surface area contributed by atoms with E-state index in [4.69, 9.17) is 11.6 Å². The van der Waals surface area contributed by atoms with Gasteiger partial charge in [-0.2, -0.15) is 4.37 Å². The summed E-state index contributed by atoms with van der Waals surface area (Å²) in [5.41, 5.74) is 1.99. The largest absolute Gasteiger partial charge is 0.264 e. The Bertz CT molecular complexity index is 427. The first-order chi connectivity index (χ1) is 6.25. The lowest BCUT2D eigenvalue weighted by Gasteiger charge is -1.94. The maximum atomic E-state index is 5.67. The van der Waals surface area contributed by atoms with Crippen LogP contribution in [0.15, 0.2) is 18.5 Å². The summed E-state index contributed by atoms with van der Waals surface area (Å²) in [4.78, 5) is 8.11. The summed E-state index contributed by atoms with van der Waals surface area (Å²) < 4.78 is 4.54. The van der Waals surface area contributed by atoms with Crippen LogP contribution in [0.3, 0.4) is 0 Å². The number of halogens is 1. The first-order valence-corrected chi connectivity index (χ1v) is 4.82. The fourth-order valence-corrected chi connectivity index (χ4v) is 1.62. The first kappa shape index (κ1) is 8.59. The predicted molar refractivity (Wildman–Crippen MR) is 52.9 cm³/mol. The Morgan fingerprint density at radius 2 is 2.23 bits per heavy atom. The van der Waals surface area contributed by atoms with Gasteiger partial charge in [0.05, 0.1) is 0 Å². The standard InChI is InChI=1S/C8H6ClN3S/c1-5-2-6(4-10-3-5)7-11-8(9)13-12-7/h2-4H,1H3. The van der Waals surface area contributed by atoms with Crippen LogP contribution in [0, 0.1) is 6.92 Å². The van der Waals surface area contributed by atoms with E-state index in [0.717, 1.165) is 11.1 Å². The van der Waals surface area contributed by atoms with Crippen molar-refractivity contribution in [1.82, 2.24) is 14.3 Å². The van der Waals surface area contributed by atoms with Gasteiger partial charge >= 0.3 is 0 Å². The molecule has 5 heteroatoms. The molecule has 2 rings (SSSR count). The number of aryl methyl sites for hydroxylation is 1. The summed E-state index contributed by atoms with van der Waals surface area (Å²) in [6, 6.07) is 1.98. The Labute approximate surface area is 84.6 Å². The predicted octanol–water partition coefficient (Wildman–Crippen LogP) is 2.56. The Balaban J connectivity index is 2.46. The molecule has 13 heavy (non-hydrogen) atoms. The highest BCUT2D eigenvalue weighted by Gasteiger charge is 2.04. The molecule has 0 atom stereocenters. The van der Waals surface area contributed by atoms with Crippen LogP contribution in [-0.2, 0) is 0 Å². The molecule has 2 aromatic rings. The smallest absolute Gasteiger partial charge is 0.203 e. The Morgan fingerprint density at radius 3 is 2.85 bits per heavy atom. The molecule has 0 bridgehead atoms. The van der Waals surface area contributed by atoms with Crippen molar-refractivity contribution in [3.63, 3.8) is 0 Å². The van der Waals surface area contributed by atoms with Crippen LogP contribution in [0.25, 0.3) is 11.4 Å². The summed E-state index contributed by atoms with van der Waals surface area (Å²) in [6.45, 7) is 1.98. The van der Waals surface area contributed by atoms with E-state index < -0.39 is 0 Å². The molecule has 0 radical (unpaired) electrons. The summed E-state index contributed by atoms with van der Waals surface area (Å²) in [5.74, 6) is 0.645. The lowest BCUT2D eigenvalue weighted by molar-refractivity contribution is 1.23. The molecule has 0 aliphatic carbocycles. The van der Waals surface area contributed by atoms with Gasteiger partial charge in [-0.1, -0.05) is 0 Å². The average molecular weight is 212 g/mol. The Morgan fingerprint density at radius 1 is 1.38 bits per heavy atom. The second kappa shape index (κ2) is 3.40. The van der Waals surface area contributed by atoms with Gasteiger partial charge in [-0.05, 0) is 41.7 Å². The van der Waals surface area contributed by atoms with Gasteiger partial charge in [0, 0.05) is 18.0 Å². The number of hydrogen-bond acceptors (Lipinski definition) is 4. The van der Waals surface area contributed by atoms with Crippen molar-refractivity contribution in [2.45, 2.75) is 6.92 Å². The van der Waals surface area contributed by atoms with Gasteiger partial charge in [-0.3, -0.25) is 4.98 Å². The van der Waals surface area contributed by atoms with Crippen LogP contribution in [0.5, 0.6) is 0 Å². The monoisotopic (exact) mass is 211 g/mol. The van der Waals surface area contributed by atoms with Gasteiger partial charge in [0.15, 0.2) is 5.82 Å². The third kappa shape index (κ3) is 1.84. The van der Waals surface area contributed by atoms with E-state index in [-0.39, 0.29) is 0 Å². The van der Waals surface area contributed by atoms with Gasteiger partial charge in [-0.25, -0.2) is 4.98 Å². The highest BCUT2D eigenvalue weighted by Crippen LogP contribution is 2.20. The van der Waals surface area contributed by atoms with Crippen molar-refractivity contribution in [1.29, 1.82) is 0 Å². The minimum Gasteiger partial charge on any atom is -0.264 e. The van der Waals surface area contributed by atoms with Crippen LogP contribution in [0.1, 0.15) is 5.56 Å². The van der Waals surface area contributed by atoms with Gasteiger partial charge in [0.2, 0.25) is 4.47 Å². The van der Waals surface area contributed by atoms with Crippen LogP contribution >= 0.6 is 23.1 Å². The maximum absolute atomic E-state index is 5.67. The minimum atomic E-state index is 0.455. The molecule has 0 N–H and O–H groups in total. The fourth-order valence-electron chi connectivity index (χ4n) is 0.999. The summed E-state index contributed by atoms with van der Waals surface area (Å²) in [5, 5.41) is 0. The van der Waals surface area contributed by atoms with Crippen molar-refractivity contribution < 1.29 is 0 Å². The molecule has 0 aliphatic heterocycles. The SMILES string of the molecule is Cc1cncc(-c2nsc(Cl)n2)c1. The van der Waals surface area contributed by atoms with Crippen LogP contribution < -0.4 is 0 Å². The summed E-state index contributed by atoms with van der Waals surface area (Å²) in [6.07, 6.45) is 3.52. The number of aromatic nitrogens is 3. The molecule has 0 amide bonds. The second-order valence-corrected chi connectivity index (χ2v) is 3.96. The highest BCUT2D eigenvalue weighted by atomic mass is 35.5. The van der Waals surface area contributed by atoms with Gasteiger partial charge in [-0.15, -0.1) is 0 Å². The topological polar surface area (TPSA) is 38.7 Å². The normalized spacial score (nSPS) is 10.3. The van der Waals surface area contributed by atoms with E-state index in [1.807, 2.05) is 13.0 Å². The van der Waals surface area contributed by atoms with E-state index in [1.165, 1.54) is 11.5 Å². The van der Waals surface area contributed by atoms with Gasteiger partial charge in [0.1, 0.15) is 0 Å². The molecule has 2 aromatic heterocycles. The number of hydrogen-bond donors (Lipinski definition) is 0.